The minimum Gasteiger partial charge on any atom is -0.336 e. The normalized spacial score (nSPS) is 18.2. The molecule has 6 rings (SSSR count). The van der Waals surface area contributed by atoms with Gasteiger partial charge in [0.2, 0.25) is 0 Å². The molecule has 196 valence electrons. The van der Waals surface area contributed by atoms with E-state index in [0.29, 0.717) is 42.3 Å². The third-order valence-electron chi connectivity index (χ3n) is 7.04. The molecular weight excluding hydrogens is 533 g/mol. The summed E-state index contributed by atoms with van der Waals surface area (Å²) >= 11 is 2.80. The van der Waals surface area contributed by atoms with E-state index in [9.17, 15) is 22.8 Å². The van der Waals surface area contributed by atoms with Gasteiger partial charge in [0.1, 0.15) is 5.69 Å². The van der Waals surface area contributed by atoms with Crippen molar-refractivity contribution in [2.75, 3.05) is 26.2 Å². The van der Waals surface area contributed by atoms with E-state index >= 15 is 0 Å². The highest BCUT2D eigenvalue weighted by Gasteiger charge is 2.36. The average Bonchev–Trinajstić information content (AvgIpc) is 3.65. The number of hydrogen-bond donors (Lipinski definition) is 1. The number of fused-ring (bicyclic) bond motifs is 1. The van der Waals surface area contributed by atoms with Crippen LogP contribution in [0.25, 0.3) is 21.2 Å². The van der Waals surface area contributed by atoms with Crippen LogP contribution in [0, 0.1) is 0 Å². The summed E-state index contributed by atoms with van der Waals surface area (Å²) in [5, 5.41) is 6.27. The van der Waals surface area contributed by atoms with Crippen molar-refractivity contribution in [2.45, 2.75) is 24.7 Å². The Balaban J connectivity index is 1.05. The second kappa shape index (κ2) is 9.79. The van der Waals surface area contributed by atoms with Crippen LogP contribution in [-0.2, 0) is 6.18 Å². The molecule has 2 aliphatic heterocycles. The van der Waals surface area contributed by atoms with Gasteiger partial charge in [-0.15, -0.1) is 22.7 Å². The summed E-state index contributed by atoms with van der Waals surface area (Å²) < 4.78 is 39.5. The van der Waals surface area contributed by atoms with Gasteiger partial charge >= 0.3 is 6.18 Å². The highest BCUT2D eigenvalue weighted by molar-refractivity contribution is 7.20. The Morgan fingerprint density at radius 2 is 1.66 bits per heavy atom. The molecule has 0 spiro atoms. The van der Waals surface area contributed by atoms with Gasteiger partial charge in [-0.1, -0.05) is 24.3 Å². The molecule has 38 heavy (non-hydrogen) atoms. The zero-order chi connectivity index (χ0) is 26.4. The van der Waals surface area contributed by atoms with Crippen LogP contribution in [0.5, 0.6) is 0 Å². The van der Waals surface area contributed by atoms with Crippen molar-refractivity contribution in [2.24, 2.45) is 0 Å². The summed E-state index contributed by atoms with van der Waals surface area (Å²) in [6.07, 6.45) is -3.49. The Bertz CT molecular complexity index is 1480. The molecular formula is C27H23F3N4O2S2. The molecule has 1 N–H and O–H groups in total. The predicted octanol–water partition coefficient (Wildman–Crippen LogP) is 5.37. The number of thiazole rings is 1. The van der Waals surface area contributed by atoms with Crippen LogP contribution in [0.2, 0.25) is 0 Å². The summed E-state index contributed by atoms with van der Waals surface area (Å²) in [4.78, 5) is 34.0. The number of carbonyl (C=O) groups is 2. The van der Waals surface area contributed by atoms with Crippen LogP contribution in [0.15, 0.2) is 59.4 Å². The average molecular weight is 557 g/mol. The molecule has 11 heteroatoms. The van der Waals surface area contributed by atoms with E-state index in [4.69, 9.17) is 0 Å². The smallest absolute Gasteiger partial charge is 0.336 e. The topological polar surface area (TPSA) is 65.5 Å². The Hall–Kier alpha value is -3.28. The second-order valence-electron chi connectivity index (χ2n) is 9.62. The fourth-order valence-corrected chi connectivity index (χ4v) is 6.56. The first kappa shape index (κ1) is 25.0. The lowest BCUT2D eigenvalue weighted by molar-refractivity contribution is -0.137. The molecule has 2 aliphatic rings. The third kappa shape index (κ3) is 4.93. The van der Waals surface area contributed by atoms with E-state index in [1.54, 1.807) is 10.9 Å². The van der Waals surface area contributed by atoms with Gasteiger partial charge in [0, 0.05) is 48.3 Å². The van der Waals surface area contributed by atoms with E-state index in [-0.39, 0.29) is 23.9 Å². The van der Waals surface area contributed by atoms with E-state index in [1.165, 1.54) is 34.8 Å². The van der Waals surface area contributed by atoms with Crippen LogP contribution < -0.4 is 5.32 Å². The number of halogens is 3. The first-order valence-electron chi connectivity index (χ1n) is 12.2. The molecule has 0 radical (unpaired) electrons. The standard InChI is InChI=1S/C27H23F3N4O2S2/c28-27(29,30)19-5-3-16(4-6-19)17-1-2-18-10-24(38-23(18)9-17)26(36)34-12-21(13-34)32-20-7-8-33(11-20)25(35)22-14-37-15-31-22/h1-6,9-10,14-15,20-21,32H,7-8,11-13H2. The minimum atomic E-state index is -4.37. The summed E-state index contributed by atoms with van der Waals surface area (Å²) in [6.45, 7) is 2.55. The van der Waals surface area contributed by atoms with Crippen LogP contribution >= 0.6 is 22.7 Å². The van der Waals surface area contributed by atoms with Crippen LogP contribution in [-0.4, -0.2) is 64.9 Å². The van der Waals surface area contributed by atoms with Gasteiger partial charge in [-0.2, -0.15) is 13.2 Å². The molecule has 2 saturated heterocycles. The summed E-state index contributed by atoms with van der Waals surface area (Å²) in [5.41, 5.74) is 2.97. The molecule has 1 atom stereocenters. The van der Waals surface area contributed by atoms with Crippen LogP contribution in [0.4, 0.5) is 13.2 Å². The van der Waals surface area contributed by atoms with Crippen LogP contribution in [0.1, 0.15) is 32.1 Å². The lowest BCUT2D eigenvalue weighted by Crippen LogP contribution is -2.61. The number of amides is 2. The fraction of sp³-hybridized carbons (Fsp3) is 0.296. The van der Waals surface area contributed by atoms with Gasteiger partial charge in [0.25, 0.3) is 11.8 Å². The minimum absolute atomic E-state index is 0.0212. The number of rotatable bonds is 5. The number of aromatic nitrogens is 1. The number of likely N-dealkylation sites (tertiary alicyclic amines) is 2. The summed E-state index contributed by atoms with van der Waals surface area (Å²) in [5.74, 6) is -0.0562. The van der Waals surface area contributed by atoms with Crippen molar-refractivity contribution < 1.29 is 22.8 Å². The fourth-order valence-electron chi connectivity index (χ4n) is 4.97. The van der Waals surface area contributed by atoms with Crippen molar-refractivity contribution in [1.29, 1.82) is 0 Å². The van der Waals surface area contributed by atoms with Gasteiger partial charge in [-0.3, -0.25) is 9.59 Å². The molecule has 0 bridgehead atoms. The van der Waals surface area contributed by atoms with Gasteiger partial charge in [-0.25, -0.2) is 4.98 Å². The Morgan fingerprint density at radius 3 is 2.37 bits per heavy atom. The second-order valence-corrected chi connectivity index (χ2v) is 11.4. The quantitative estimate of drug-likeness (QED) is 0.359. The maximum absolute atomic E-state index is 13.1. The molecule has 1 unspecified atom stereocenters. The molecule has 0 aliphatic carbocycles. The molecule has 2 aromatic carbocycles. The van der Waals surface area contributed by atoms with Crippen molar-refractivity contribution in [3.63, 3.8) is 0 Å². The third-order valence-corrected chi connectivity index (χ3v) is 8.72. The molecule has 2 amide bonds. The maximum atomic E-state index is 13.1. The molecule has 2 fully saturated rings. The van der Waals surface area contributed by atoms with E-state index in [2.05, 4.69) is 10.3 Å². The lowest BCUT2D eigenvalue weighted by atomic mass is 10.0. The number of carbonyl (C=O) groups excluding carboxylic acids is 2. The molecule has 4 aromatic rings. The Kier molecular flexibility index (Phi) is 6.45. The van der Waals surface area contributed by atoms with E-state index in [1.807, 2.05) is 34.1 Å². The van der Waals surface area contributed by atoms with Crippen molar-refractivity contribution in [3.8, 4) is 11.1 Å². The van der Waals surface area contributed by atoms with Crippen LogP contribution in [0.3, 0.4) is 0 Å². The van der Waals surface area contributed by atoms with Crippen molar-refractivity contribution >= 4 is 44.6 Å². The van der Waals surface area contributed by atoms with E-state index in [0.717, 1.165) is 34.2 Å². The van der Waals surface area contributed by atoms with Crippen molar-refractivity contribution in [3.05, 3.63) is 75.6 Å². The van der Waals surface area contributed by atoms with E-state index < -0.39 is 11.7 Å². The first-order chi connectivity index (χ1) is 18.2. The SMILES string of the molecule is O=C(c1cscn1)N1CCC(NC2CN(C(=O)c3cc4ccc(-c5ccc(C(F)(F)F)cc5)cc4s3)C2)C1. The predicted molar refractivity (Wildman–Crippen MR) is 142 cm³/mol. The number of nitrogens with one attached hydrogen (secondary N) is 1. The highest BCUT2D eigenvalue weighted by Crippen LogP contribution is 2.34. The largest absolute Gasteiger partial charge is 0.416 e. The van der Waals surface area contributed by atoms with Gasteiger partial charge in [0.05, 0.1) is 16.0 Å². The molecule has 4 heterocycles. The van der Waals surface area contributed by atoms with Gasteiger partial charge in [0.15, 0.2) is 0 Å². The summed E-state index contributed by atoms with van der Waals surface area (Å²) in [6, 6.07) is 13.0. The molecule has 0 saturated carbocycles. The molecule has 6 nitrogen and oxygen atoms in total. The maximum Gasteiger partial charge on any atom is 0.416 e. The number of benzene rings is 2. The van der Waals surface area contributed by atoms with Gasteiger partial charge < -0.3 is 15.1 Å². The summed E-state index contributed by atoms with van der Waals surface area (Å²) in [7, 11) is 0. The zero-order valence-corrected chi connectivity index (χ0v) is 21.7. The zero-order valence-electron chi connectivity index (χ0n) is 20.1. The van der Waals surface area contributed by atoms with Gasteiger partial charge in [-0.05, 0) is 47.2 Å². The molecule has 2 aromatic heterocycles. The lowest BCUT2D eigenvalue weighted by Gasteiger charge is -2.40. The number of nitrogens with zero attached hydrogens (tertiary/aromatic N) is 3. The monoisotopic (exact) mass is 556 g/mol. The Labute approximate surface area is 224 Å². The number of hydrogen-bond acceptors (Lipinski definition) is 6. The highest BCUT2D eigenvalue weighted by atomic mass is 32.1. The van der Waals surface area contributed by atoms with Crippen molar-refractivity contribution in [1.82, 2.24) is 20.1 Å². The number of thiophene rings is 1. The number of alkyl halides is 3. The first-order valence-corrected chi connectivity index (χ1v) is 13.9. The Morgan fingerprint density at radius 1 is 0.921 bits per heavy atom.